The molecule has 0 aliphatic heterocycles. The molecule has 0 heterocycles. The topological polar surface area (TPSA) is 29.1 Å². The van der Waals surface area contributed by atoms with E-state index in [-0.39, 0.29) is 17.4 Å². The maximum atomic E-state index is 11.9. The lowest BCUT2D eigenvalue weighted by atomic mass is 9.94. The average Bonchev–Trinajstić information content (AvgIpc) is 2.24. The van der Waals surface area contributed by atoms with Gasteiger partial charge in [-0.2, -0.15) is 0 Å². The third kappa shape index (κ3) is 4.04. The zero-order valence-corrected chi connectivity index (χ0v) is 11.6. The summed E-state index contributed by atoms with van der Waals surface area (Å²) in [4.78, 5) is 11.9. The Hall–Kier alpha value is -1.02. The van der Waals surface area contributed by atoms with Gasteiger partial charge in [0.05, 0.1) is 6.04 Å². The van der Waals surface area contributed by atoms with E-state index in [2.05, 4.69) is 12.2 Å². The first-order valence-electron chi connectivity index (χ1n) is 5.91. The van der Waals surface area contributed by atoms with Crippen LogP contribution in [-0.4, -0.2) is 5.91 Å². The van der Waals surface area contributed by atoms with Gasteiger partial charge in [0.15, 0.2) is 0 Å². The Balaban J connectivity index is 2.83. The fraction of sp³-hybridized carbons (Fsp3) is 0.500. The molecule has 1 amide bonds. The molecule has 1 aromatic carbocycles. The fourth-order valence-electron chi connectivity index (χ4n) is 1.52. The van der Waals surface area contributed by atoms with Gasteiger partial charge in [-0.25, -0.2) is 0 Å². The highest BCUT2D eigenvalue weighted by Gasteiger charge is 2.23. The lowest BCUT2D eigenvalue weighted by Crippen LogP contribution is -2.37. The molecule has 0 bridgehead atoms. The summed E-state index contributed by atoms with van der Waals surface area (Å²) in [6, 6.07) is 7.66. The quantitative estimate of drug-likeness (QED) is 0.868. The molecule has 2 nitrogen and oxygen atoms in total. The van der Waals surface area contributed by atoms with E-state index in [9.17, 15) is 4.79 Å². The van der Waals surface area contributed by atoms with Crippen molar-refractivity contribution in [3.63, 3.8) is 0 Å². The highest BCUT2D eigenvalue weighted by Crippen LogP contribution is 2.22. The zero-order valence-electron chi connectivity index (χ0n) is 10.9. The smallest absolute Gasteiger partial charge is 0.225 e. The van der Waals surface area contributed by atoms with Crippen LogP contribution in [0.3, 0.4) is 0 Å². The van der Waals surface area contributed by atoms with Crippen molar-refractivity contribution in [2.24, 2.45) is 5.41 Å². The molecule has 1 rings (SSSR count). The first-order chi connectivity index (χ1) is 7.84. The molecule has 0 spiro atoms. The SMILES string of the molecule is CCC(NC(=O)C(C)(C)C)c1cccc(Cl)c1. The Labute approximate surface area is 108 Å². The Kier molecular flexibility index (Phi) is 4.58. The number of nitrogens with one attached hydrogen (secondary N) is 1. The summed E-state index contributed by atoms with van der Waals surface area (Å²) >= 11 is 5.96. The van der Waals surface area contributed by atoms with E-state index in [1.165, 1.54) is 0 Å². The van der Waals surface area contributed by atoms with Crippen LogP contribution in [0.4, 0.5) is 0 Å². The van der Waals surface area contributed by atoms with Crippen LogP contribution in [0.2, 0.25) is 5.02 Å². The first-order valence-corrected chi connectivity index (χ1v) is 6.29. The number of rotatable bonds is 3. The van der Waals surface area contributed by atoms with Crippen LogP contribution in [-0.2, 0) is 4.79 Å². The largest absolute Gasteiger partial charge is 0.349 e. The van der Waals surface area contributed by atoms with Gasteiger partial charge in [-0.15, -0.1) is 0 Å². The zero-order chi connectivity index (χ0) is 13.1. The third-order valence-corrected chi connectivity index (χ3v) is 2.88. The monoisotopic (exact) mass is 253 g/mol. The summed E-state index contributed by atoms with van der Waals surface area (Å²) < 4.78 is 0. The molecule has 0 radical (unpaired) electrons. The van der Waals surface area contributed by atoms with E-state index in [0.29, 0.717) is 5.02 Å². The minimum atomic E-state index is -0.369. The third-order valence-electron chi connectivity index (χ3n) is 2.65. The highest BCUT2D eigenvalue weighted by atomic mass is 35.5. The first kappa shape index (κ1) is 14.0. The number of hydrogen-bond donors (Lipinski definition) is 1. The van der Waals surface area contributed by atoms with Crippen LogP contribution in [0.1, 0.15) is 45.7 Å². The average molecular weight is 254 g/mol. The Morgan fingerprint density at radius 1 is 1.41 bits per heavy atom. The van der Waals surface area contributed by atoms with Gasteiger partial charge >= 0.3 is 0 Å². The van der Waals surface area contributed by atoms with Crippen molar-refractivity contribution in [1.29, 1.82) is 0 Å². The molecule has 1 N–H and O–H groups in total. The molecule has 1 atom stereocenters. The summed E-state index contributed by atoms with van der Waals surface area (Å²) in [5.41, 5.74) is 0.684. The second-order valence-electron chi connectivity index (χ2n) is 5.24. The fourth-order valence-corrected chi connectivity index (χ4v) is 1.72. The molecule has 17 heavy (non-hydrogen) atoms. The van der Waals surface area contributed by atoms with Crippen LogP contribution >= 0.6 is 11.6 Å². The second kappa shape index (κ2) is 5.54. The molecular formula is C14H20ClNO. The molecule has 0 aliphatic rings. The standard InChI is InChI=1S/C14H20ClNO/c1-5-12(16-13(17)14(2,3)4)10-7-6-8-11(15)9-10/h6-9,12H,5H2,1-4H3,(H,16,17). The van der Waals surface area contributed by atoms with E-state index < -0.39 is 0 Å². The maximum Gasteiger partial charge on any atom is 0.225 e. The normalized spacial score (nSPS) is 13.2. The van der Waals surface area contributed by atoms with Crippen LogP contribution in [0.15, 0.2) is 24.3 Å². The van der Waals surface area contributed by atoms with Crippen LogP contribution in [0.5, 0.6) is 0 Å². The van der Waals surface area contributed by atoms with Crippen molar-refractivity contribution in [1.82, 2.24) is 5.32 Å². The van der Waals surface area contributed by atoms with Crippen LogP contribution in [0, 0.1) is 5.41 Å². The van der Waals surface area contributed by atoms with Gasteiger partial charge in [-0.1, -0.05) is 51.4 Å². The van der Waals surface area contributed by atoms with Gasteiger partial charge in [0.25, 0.3) is 0 Å². The van der Waals surface area contributed by atoms with Crippen molar-refractivity contribution in [2.75, 3.05) is 0 Å². The molecule has 1 unspecified atom stereocenters. The van der Waals surface area contributed by atoms with Gasteiger partial charge < -0.3 is 5.32 Å². The number of carbonyl (C=O) groups is 1. The molecule has 94 valence electrons. The van der Waals surface area contributed by atoms with Crippen molar-refractivity contribution >= 4 is 17.5 Å². The number of amides is 1. The minimum Gasteiger partial charge on any atom is -0.349 e. The summed E-state index contributed by atoms with van der Waals surface area (Å²) in [6.07, 6.45) is 0.849. The van der Waals surface area contributed by atoms with Gasteiger partial charge in [-0.3, -0.25) is 4.79 Å². The molecule has 0 aliphatic carbocycles. The second-order valence-corrected chi connectivity index (χ2v) is 5.68. The highest BCUT2D eigenvalue weighted by molar-refractivity contribution is 6.30. The summed E-state index contributed by atoms with van der Waals surface area (Å²) in [6.45, 7) is 7.78. The van der Waals surface area contributed by atoms with Gasteiger partial charge in [0.2, 0.25) is 5.91 Å². The number of benzene rings is 1. The summed E-state index contributed by atoms with van der Waals surface area (Å²) in [7, 11) is 0. The number of hydrogen-bond acceptors (Lipinski definition) is 1. The van der Waals surface area contributed by atoms with Crippen molar-refractivity contribution in [2.45, 2.75) is 40.2 Å². The van der Waals surface area contributed by atoms with Crippen LogP contribution < -0.4 is 5.32 Å². The lowest BCUT2D eigenvalue weighted by molar-refractivity contribution is -0.129. The number of halogens is 1. The molecule has 0 saturated heterocycles. The lowest BCUT2D eigenvalue weighted by Gasteiger charge is -2.24. The van der Waals surface area contributed by atoms with E-state index in [1.54, 1.807) is 0 Å². The van der Waals surface area contributed by atoms with Crippen molar-refractivity contribution < 1.29 is 4.79 Å². The van der Waals surface area contributed by atoms with Crippen LogP contribution in [0.25, 0.3) is 0 Å². The van der Waals surface area contributed by atoms with E-state index in [1.807, 2.05) is 45.0 Å². The Bertz CT molecular complexity index is 395. The van der Waals surface area contributed by atoms with E-state index in [0.717, 1.165) is 12.0 Å². The maximum absolute atomic E-state index is 11.9. The molecular weight excluding hydrogens is 234 g/mol. The predicted molar refractivity (Wildman–Crippen MR) is 72.1 cm³/mol. The van der Waals surface area contributed by atoms with Gasteiger partial charge in [0, 0.05) is 10.4 Å². The Morgan fingerprint density at radius 2 is 2.06 bits per heavy atom. The van der Waals surface area contributed by atoms with Gasteiger partial charge in [0.1, 0.15) is 0 Å². The molecule has 3 heteroatoms. The molecule has 0 saturated carbocycles. The predicted octanol–water partition coefficient (Wildman–Crippen LogP) is 3.95. The van der Waals surface area contributed by atoms with Crippen molar-refractivity contribution in [3.8, 4) is 0 Å². The molecule has 0 fully saturated rings. The van der Waals surface area contributed by atoms with Crippen molar-refractivity contribution in [3.05, 3.63) is 34.9 Å². The van der Waals surface area contributed by atoms with E-state index in [4.69, 9.17) is 11.6 Å². The molecule has 1 aromatic rings. The molecule has 0 aromatic heterocycles. The Morgan fingerprint density at radius 3 is 2.53 bits per heavy atom. The summed E-state index contributed by atoms with van der Waals surface area (Å²) in [5, 5.41) is 3.75. The van der Waals surface area contributed by atoms with Gasteiger partial charge in [-0.05, 0) is 24.1 Å². The minimum absolute atomic E-state index is 0.0282. The summed E-state index contributed by atoms with van der Waals surface area (Å²) in [5.74, 6) is 0.0596. The van der Waals surface area contributed by atoms with E-state index >= 15 is 0 Å². The number of carbonyl (C=O) groups excluding carboxylic acids is 1.